The summed E-state index contributed by atoms with van der Waals surface area (Å²) in [6, 6.07) is 2.09. The first-order valence-corrected chi connectivity index (χ1v) is 16.0. The van der Waals surface area contributed by atoms with Crippen LogP contribution in [0, 0.1) is 11.8 Å². The van der Waals surface area contributed by atoms with E-state index in [1.54, 1.807) is 0 Å². The molecule has 0 spiro atoms. The quantitative estimate of drug-likeness (QED) is 0.347. The van der Waals surface area contributed by atoms with Crippen molar-refractivity contribution in [3.05, 3.63) is 45.2 Å². The predicted octanol–water partition coefficient (Wildman–Crippen LogP) is 6.62. The van der Waals surface area contributed by atoms with Crippen LogP contribution in [0.3, 0.4) is 0 Å². The van der Waals surface area contributed by atoms with Gasteiger partial charge in [0.1, 0.15) is 17.1 Å². The normalized spacial score (nSPS) is 23.9. The van der Waals surface area contributed by atoms with Gasteiger partial charge < -0.3 is 24.6 Å². The summed E-state index contributed by atoms with van der Waals surface area (Å²) in [4.78, 5) is 32.0. The maximum Gasteiger partial charge on any atom is 0.408 e. The second kappa shape index (κ2) is 13.7. The Morgan fingerprint density at radius 2 is 1.90 bits per heavy atom. The highest BCUT2D eigenvalue weighted by atomic mass is 32.1. The smallest absolute Gasteiger partial charge is 0.408 e. The number of nitrogens with zero attached hydrogens (tertiary/aromatic N) is 2. The van der Waals surface area contributed by atoms with Gasteiger partial charge in [-0.25, -0.2) is 9.59 Å². The van der Waals surface area contributed by atoms with Crippen molar-refractivity contribution < 1.29 is 19.1 Å². The van der Waals surface area contributed by atoms with Gasteiger partial charge in [0.05, 0.1) is 6.04 Å². The number of nitrogens with one attached hydrogen (secondary N) is 1. The SMILES string of the molecule is CC1CCC(C2=C(c3cc(C4=CCC(NC(=O)OC(C)(C)C)C=C4)sc3C(=O)OCCN(C)C)CCN(C)C2)CC1. The Balaban J connectivity index is 1.62. The van der Waals surface area contributed by atoms with Gasteiger partial charge in [-0.05, 0) is 102 Å². The molecule has 0 aromatic carbocycles. The molecule has 1 atom stereocenters. The van der Waals surface area contributed by atoms with E-state index in [1.165, 1.54) is 48.2 Å². The van der Waals surface area contributed by atoms with Crippen molar-refractivity contribution in [2.24, 2.45) is 11.8 Å². The second-order valence-electron chi connectivity index (χ2n) is 13.2. The van der Waals surface area contributed by atoms with Gasteiger partial charge in [-0.3, -0.25) is 0 Å². The Morgan fingerprint density at radius 3 is 2.54 bits per heavy atom. The van der Waals surface area contributed by atoms with Crippen LogP contribution in [0.5, 0.6) is 0 Å². The van der Waals surface area contributed by atoms with E-state index in [2.05, 4.69) is 42.4 Å². The minimum atomic E-state index is -0.536. The number of ether oxygens (including phenoxy) is 2. The number of thiophene rings is 1. The zero-order valence-electron chi connectivity index (χ0n) is 26.0. The molecule has 0 bridgehead atoms. The minimum Gasteiger partial charge on any atom is -0.460 e. The number of hydrogen-bond acceptors (Lipinski definition) is 7. The summed E-state index contributed by atoms with van der Waals surface area (Å²) >= 11 is 1.53. The Kier molecular flexibility index (Phi) is 10.5. The van der Waals surface area contributed by atoms with Gasteiger partial charge in [-0.15, -0.1) is 11.3 Å². The van der Waals surface area contributed by atoms with Crippen molar-refractivity contribution in [2.45, 2.75) is 77.9 Å². The average Bonchev–Trinajstić information content (AvgIpc) is 3.33. The maximum atomic E-state index is 13.5. The summed E-state index contributed by atoms with van der Waals surface area (Å²) in [7, 11) is 6.17. The monoisotopic (exact) mass is 583 g/mol. The summed E-state index contributed by atoms with van der Waals surface area (Å²) < 4.78 is 11.2. The van der Waals surface area contributed by atoms with Crippen LogP contribution in [-0.4, -0.2) is 80.9 Å². The van der Waals surface area contributed by atoms with Crippen LogP contribution in [0.4, 0.5) is 4.79 Å². The third-order valence-corrected chi connectivity index (χ3v) is 9.34. The number of amides is 1. The first-order chi connectivity index (χ1) is 19.4. The van der Waals surface area contributed by atoms with Crippen molar-refractivity contribution in [3.63, 3.8) is 0 Å². The third-order valence-electron chi connectivity index (χ3n) is 8.18. The average molecular weight is 584 g/mol. The molecule has 226 valence electrons. The molecule has 1 unspecified atom stereocenters. The Hall–Kier alpha value is -2.42. The van der Waals surface area contributed by atoms with Crippen LogP contribution in [0.2, 0.25) is 0 Å². The number of carbonyl (C=O) groups excluding carboxylic acids is 2. The first kappa shape index (κ1) is 31.5. The lowest BCUT2D eigenvalue weighted by Crippen LogP contribution is -2.38. The number of carbonyl (C=O) groups is 2. The summed E-state index contributed by atoms with van der Waals surface area (Å²) in [5.74, 6) is 1.15. The second-order valence-corrected chi connectivity index (χ2v) is 14.3. The zero-order chi connectivity index (χ0) is 29.7. The molecule has 1 saturated carbocycles. The molecule has 8 heteroatoms. The molecule has 2 aliphatic carbocycles. The van der Waals surface area contributed by atoms with Crippen molar-refractivity contribution in [2.75, 3.05) is 47.4 Å². The number of alkyl carbamates (subject to hydrolysis) is 1. The Morgan fingerprint density at radius 1 is 1.17 bits per heavy atom. The summed E-state index contributed by atoms with van der Waals surface area (Å²) in [6.07, 6.45) is 12.4. The highest BCUT2D eigenvalue weighted by Gasteiger charge is 2.31. The fraction of sp³-hybridized carbons (Fsp3) is 0.636. The van der Waals surface area contributed by atoms with Crippen molar-refractivity contribution >= 4 is 34.5 Å². The number of allylic oxidation sites excluding steroid dienone is 2. The van der Waals surface area contributed by atoms with Gasteiger partial charge in [-0.2, -0.15) is 0 Å². The minimum absolute atomic E-state index is 0.125. The summed E-state index contributed by atoms with van der Waals surface area (Å²) in [5.41, 5.74) is 4.48. The molecule has 0 saturated heterocycles. The van der Waals surface area contributed by atoms with Gasteiger partial charge in [0, 0.05) is 30.1 Å². The van der Waals surface area contributed by atoms with E-state index in [9.17, 15) is 9.59 Å². The van der Waals surface area contributed by atoms with Gasteiger partial charge in [-0.1, -0.05) is 38.0 Å². The number of esters is 1. The predicted molar refractivity (Wildman–Crippen MR) is 168 cm³/mol. The van der Waals surface area contributed by atoms with Crippen LogP contribution in [0.25, 0.3) is 11.1 Å². The lowest BCUT2D eigenvalue weighted by molar-refractivity contribution is 0.0483. The molecule has 1 aromatic heterocycles. The lowest BCUT2D eigenvalue weighted by atomic mass is 9.75. The zero-order valence-corrected chi connectivity index (χ0v) is 26.9. The number of likely N-dealkylation sites (N-methyl/N-ethyl adjacent to an activating group) is 2. The molecule has 41 heavy (non-hydrogen) atoms. The number of rotatable bonds is 8. The molecular weight excluding hydrogens is 534 g/mol. The molecule has 3 aliphatic rings. The topological polar surface area (TPSA) is 71.1 Å². The molecule has 1 amide bonds. The van der Waals surface area contributed by atoms with Crippen molar-refractivity contribution in [1.29, 1.82) is 0 Å². The van der Waals surface area contributed by atoms with E-state index in [1.807, 2.05) is 45.8 Å². The van der Waals surface area contributed by atoms with Crippen LogP contribution in [-0.2, 0) is 9.47 Å². The molecule has 1 aliphatic heterocycles. The van der Waals surface area contributed by atoms with E-state index in [0.29, 0.717) is 30.4 Å². The molecular formula is C33H49N3O4S. The molecule has 1 aromatic rings. The van der Waals surface area contributed by atoms with E-state index >= 15 is 0 Å². The Bertz CT molecular complexity index is 1180. The highest BCUT2D eigenvalue weighted by molar-refractivity contribution is 7.15. The van der Waals surface area contributed by atoms with Gasteiger partial charge in [0.2, 0.25) is 0 Å². The standard InChI is InChI=1S/C33H49N3O4S/c1-22-8-10-23(11-9-22)28-21-36(7)17-16-26(28)27-20-29(41-30(27)31(37)39-19-18-35(5)6)24-12-14-25(15-13-24)34-32(38)40-33(2,3)4/h12-14,20,22-23,25H,8-11,15-19,21H2,1-7H3,(H,34,38). The summed E-state index contributed by atoms with van der Waals surface area (Å²) in [6.45, 7) is 11.0. The van der Waals surface area contributed by atoms with Crippen LogP contribution in [0.1, 0.15) is 86.3 Å². The molecule has 2 heterocycles. The van der Waals surface area contributed by atoms with Crippen LogP contribution < -0.4 is 5.32 Å². The van der Waals surface area contributed by atoms with Gasteiger partial charge in [0.15, 0.2) is 0 Å². The van der Waals surface area contributed by atoms with E-state index in [0.717, 1.165) is 41.4 Å². The first-order valence-electron chi connectivity index (χ1n) is 15.1. The number of hydrogen-bond donors (Lipinski definition) is 1. The van der Waals surface area contributed by atoms with Gasteiger partial charge >= 0.3 is 12.1 Å². The fourth-order valence-electron chi connectivity index (χ4n) is 5.88. The van der Waals surface area contributed by atoms with Crippen molar-refractivity contribution in [3.8, 4) is 0 Å². The third kappa shape index (κ3) is 8.79. The highest BCUT2D eigenvalue weighted by Crippen LogP contribution is 2.43. The fourth-order valence-corrected chi connectivity index (χ4v) is 6.99. The van der Waals surface area contributed by atoms with E-state index in [-0.39, 0.29) is 12.0 Å². The largest absolute Gasteiger partial charge is 0.460 e. The Labute approximate surface area is 250 Å². The molecule has 0 radical (unpaired) electrons. The maximum absolute atomic E-state index is 13.5. The summed E-state index contributed by atoms with van der Waals surface area (Å²) in [5, 5.41) is 2.94. The van der Waals surface area contributed by atoms with Gasteiger partial charge in [0.25, 0.3) is 0 Å². The van der Waals surface area contributed by atoms with E-state index < -0.39 is 11.7 Å². The van der Waals surface area contributed by atoms with Crippen LogP contribution in [0.15, 0.2) is 29.9 Å². The van der Waals surface area contributed by atoms with Crippen LogP contribution >= 0.6 is 11.3 Å². The molecule has 4 rings (SSSR count). The van der Waals surface area contributed by atoms with Crippen molar-refractivity contribution in [1.82, 2.24) is 15.1 Å². The molecule has 1 N–H and O–H groups in total. The molecule has 1 fully saturated rings. The van der Waals surface area contributed by atoms with E-state index in [4.69, 9.17) is 9.47 Å². The molecule has 7 nitrogen and oxygen atoms in total. The lowest BCUT2D eigenvalue weighted by Gasteiger charge is -2.35.